The van der Waals surface area contributed by atoms with Gasteiger partial charge in [0.1, 0.15) is 18.8 Å². The third kappa shape index (κ3) is 7.15. The van der Waals surface area contributed by atoms with Gasteiger partial charge in [0, 0.05) is 11.8 Å². The molecular weight excluding hydrogens is 468 g/mol. The van der Waals surface area contributed by atoms with Crippen LogP contribution >= 0.6 is 0 Å². The molecule has 10 heteroatoms. The van der Waals surface area contributed by atoms with E-state index in [-0.39, 0.29) is 17.9 Å². The lowest BCUT2D eigenvalue weighted by Gasteiger charge is -2.30. The summed E-state index contributed by atoms with van der Waals surface area (Å²) in [7, 11) is 0. The third-order valence-electron chi connectivity index (χ3n) is 5.64. The van der Waals surface area contributed by atoms with Crippen LogP contribution in [0.5, 0.6) is 0 Å². The lowest BCUT2D eigenvalue weighted by molar-refractivity contribution is -0.178. The third-order valence-corrected chi connectivity index (χ3v) is 5.64. The van der Waals surface area contributed by atoms with Crippen LogP contribution in [0.3, 0.4) is 0 Å². The Labute approximate surface area is 212 Å². The molecule has 1 amide bonds. The monoisotopic (exact) mass is 508 g/mol. The first-order chi connectivity index (χ1) is 16.3. The highest BCUT2D eigenvalue weighted by molar-refractivity contribution is 5.94. The number of nitrogens with two attached hydrogens (primary N) is 1. The van der Waals surface area contributed by atoms with Crippen molar-refractivity contribution in [1.29, 1.82) is 0 Å². The van der Waals surface area contributed by atoms with Gasteiger partial charge in [-0.15, -0.1) is 0 Å². The van der Waals surface area contributed by atoms with Gasteiger partial charge in [-0.3, -0.25) is 24.2 Å². The van der Waals surface area contributed by atoms with Gasteiger partial charge in [0.25, 0.3) is 0 Å². The Bertz CT molecular complexity index is 946. The largest absolute Gasteiger partial charge is 0.462 e. The second kappa shape index (κ2) is 10.7. The topological polar surface area (TPSA) is 144 Å². The van der Waals surface area contributed by atoms with Gasteiger partial charge in [0.05, 0.1) is 21.9 Å². The van der Waals surface area contributed by atoms with Crippen LogP contribution in [-0.2, 0) is 38.1 Å². The minimum absolute atomic E-state index is 0.210. The normalized spacial score (nSPS) is 24.9. The Kier molecular flexibility index (Phi) is 8.76. The van der Waals surface area contributed by atoms with E-state index in [0.29, 0.717) is 12.8 Å². The van der Waals surface area contributed by atoms with E-state index in [1.54, 1.807) is 68.5 Å². The first-order valence-corrected chi connectivity index (χ1v) is 12.1. The van der Waals surface area contributed by atoms with E-state index in [1.807, 2.05) is 0 Å². The molecule has 36 heavy (non-hydrogen) atoms. The second-order valence-corrected chi connectivity index (χ2v) is 12.3. The number of ether oxygens (including phenoxy) is 4. The summed E-state index contributed by atoms with van der Waals surface area (Å²) in [6.45, 7) is 15.0. The molecule has 1 fully saturated rings. The number of carbonyl (C=O) groups is 4. The van der Waals surface area contributed by atoms with Crippen molar-refractivity contribution >= 4 is 30.0 Å². The van der Waals surface area contributed by atoms with E-state index in [1.165, 1.54) is 0 Å². The summed E-state index contributed by atoms with van der Waals surface area (Å²) in [5, 5.41) is 0. The Morgan fingerprint density at radius 3 is 1.86 bits per heavy atom. The number of nitrogens with zero attached hydrogens (tertiary/aromatic N) is 1. The molecule has 1 saturated heterocycles. The fraction of sp³-hybridized carbons (Fsp3) is 0.731. The lowest BCUT2D eigenvalue weighted by atomic mass is 9.94. The fourth-order valence-electron chi connectivity index (χ4n) is 3.40. The summed E-state index contributed by atoms with van der Waals surface area (Å²) in [6, 6.07) is 0. The predicted octanol–water partition coefficient (Wildman–Crippen LogP) is 2.86. The molecule has 0 unspecified atom stereocenters. The highest BCUT2D eigenvalue weighted by Crippen LogP contribution is 2.37. The molecular formula is C26H40N2O8. The average molecular weight is 509 g/mol. The highest BCUT2D eigenvalue weighted by atomic mass is 16.7. The van der Waals surface area contributed by atoms with Crippen LogP contribution < -0.4 is 5.73 Å². The van der Waals surface area contributed by atoms with E-state index in [9.17, 15) is 19.2 Å². The van der Waals surface area contributed by atoms with E-state index in [4.69, 9.17) is 24.7 Å². The number of carbonyl (C=O) groups excluding carboxylic acids is 4. The Hall–Kier alpha value is -2.75. The van der Waals surface area contributed by atoms with Gasteiger partial charge in [-0.1, -0.05) is 0 Å². The molecule has 2 aliphatic rings. The van der Waals surface area contributed by atoms with Crippen LogP contribution in [0.25, 0.3) is 0 Å². The van der Waals surface area contributed by atoms with Crippen LogP contribution in [0.15, 0.2) is 16.3 Å². The SMILES string of the molecule is CC(C)(C)C(=O)OC[C@H]1O[C@H](C2=C(C(N)=O)CCC=N2)[C@@H](OC(=O)C(C)(C)C)[C@@H]1OC(=O)C(C)(C)C. The molecule has 2 N–H and O–H groups in total. The maximum Gasteiger partial charge on any atom is 0.311 e. The number of aliphatic imine (C=N–C) groups is 1. The summed E-state index contributed by atoms with van der Waals surface area (Å²) in [6.07, 6.45) is -1.85. The zero-order valence-corrected chi connectivity index (χ0v) is 22.8. The van der Waals surface area contributed by atoms with Crippen molar-refractivity contribution in [2.45, 2.75) is 99.6 Å². The highest BCUT2D eigenvalue weighted by Gasteiger charge is 2.53. The number of primary amides is 1. The molecule has 202 valence electrons. The van der Waals surface area contributed by atoms with E-state index in [0.717, 1.165) is 0 Å². The number of esters is 3. The second-order valence-electron chi connectivity index (χ2n) is 12.3. The smallest absolute Gasteiger partial charge is 0.311 e. The molecule has 0 aromatic rings. The summed E-state index contributed by atoms with van der Waals surface area (Å²) < 4.78 is 23.3. The van der Waals surface area contributed by atoms with Crippen LogP contribution in [0.4, 0.5) is 0 Å². The molecule has 4 atom stereocenters. The van der Waals surface area contributed by atoms with E-state index < -0.39 is 64.5 Å². The lowest BCUT2D eigenvalue weighted by Crippen LogP contribution is -2.45. The Morgan fingerprint density at radius 1 is 0.889 bits per heavy atom. The molecule has 2 heterocycles. The Morgan fingerprint density at radius 2 is 1.39 bits per heavy atom. The molecule has 0 aromatic heterocycles. The van der Waals surface area contributed by atoms with Gasteiger partial charge in [0.2, 0.25) is 5.91 Å². The van der Waals surface area contributed by atoms with Crippen molar-refractivity contribution in [1.82, 2.24) is 0 Å². The zero-order valence-electron chi connectivity index (χ0n) is 22.8. The van der Waals surface area contributed by atoms with Gasteiger partial charge in [-0.05, 0) is 75.2 Å². The molecule has 0 bridgehead atoms. The minimum Gasteiger partial charge on any atom is -0.462 e. The van der Waals surface area contributed by atoms with Crippen molar-refractivity contribution in [2.24, 2.45) is 27.0 Å². The van der Waals surface area contributed by atoms with Crippen LogP contribution in [0.1, 0.15) is 75.2 Å². The number of hydrogen-bond donors (Lipinski definition) is 1. The maximum atomic E-state index is 12.9. The van der Waals surface area contributed by atoms with Gasteiger partial charge in [-0.2, -0.15) is 0 Å². The quantitative estimate of drug-likeness (QED) is 0.426. The molecule has 0 aromatic carbocycles. The molecule has 0 aliphatic carbocycles. The molecule has 0 saturated carbocycles. The van der Waals surface area contributed by atoms with Crippen LogP contribution in [0.2, 0.25) is 0 Å². The molecule has 2 rings (SSSR count). The summed E-state index contributed by atoms with van der Waals surface area (Å²) >= 11 is 0. The van der Waals surface area contributed by atoms with Crippen molar-refractivity contribution in [3.63, 3.8) is 0 Å². The fourth-order valence-corrected chi connectivity index (χ4v) is 3.40. The average Bonchev–Trinajstić information content (AvgIpc) is 3.06. The first kappa shape index (κ1) is 29.5. The van der Waals surface area contributed by atoms with Crippen molar-refractivity contribution in [3.05, 3.63) is 11.3 Å². The summed E-state index contributed by atoms with van der Waals surface area (Å²) in [5.41, 5.74) is 3.53. The minimum atomic E-state index is -1.15. The van der Waals surface area contributed by atoms with Crippen molar-refractivity contribution < 1.29 is 38.1 Å². The van der Waals surface area contributed by atoms with Crippen LogP contribution in [-0.4, -0.2) is 61.1 Å². The number of rotatable bonds is 6. The standard InChI is InChI=1S/C26H40N2O8/c1-24(2,3)21(30)33-13-15-17(35-22(31)25(4,5)6)19(36-23(32)26(7,8)9)18(34-15)16-14(20(27)29)11-10-12-28-16/h12,15,17-19H,10-11,13H2,1-9H3,(H2,27,29)/t15-,17-,18-,19+/m1/s1. The predicted molar refractivity (Wildman–Crippen MR) is 132 cm³/mol. The molecule has 0 spiro atoms. The molecule has 0 radical (unpaired) electrons. The zero-order chi connectivity index (χ0) is 27.6. The summed E-state index contributed by atoms with van der Waals surface area (Å²) in [5.74, 6) is -2.27. The summed E-state index contributed by atoms with van der Waals surface area (Å²) in [4.78, 5) is 54.8. The van der Waals surface area contributed by atoms with Crippen molar-refractivity contribution in [3.8, 4) is 0 Å². The molecule has 2 aliphatic heterocycles. The van der Waals surface area contributed by atoms with Gasteiger partial charge in [0.15, 0.2) is 12.2 Å². The van der Waals surface area contributed by atoms with E-state index >= 15 is 0 Å². The van der Waals surface area contributed by atoms with Gasteiger partial charge < -0.3 is 24.7 Å². The van der Waals surface area contributed by atoms with Crippen molar-refractivity contribution in [2.75, 3.05) is 6.61 Å². The van der Waals surface area contributed by atoms with Gasteiger partial charge in [-0.25, -0.2) is 0 Å². The van der Waals surface area contributed by atoms with E-state index in [2.05, 4.69) is 4.99 Å². The van der Waals surface area contributed by atoms with Crippen LogP contribution in [0, 0.1) is 16.2 Å². The maximum absolute atomic E-state index is 12.9. The first-order valence-electron chi connectivity index (χ1n) is 12.1. The van der Waals surface area contributed by atoms with Gasteiger partial charge >= 0.3 is 17.9 Å². The Balaban J connectivity index is 2.55. The number of hydrogen-bond acceptors (Lipinski definition) is 9. The molecule has 10 nitrogen and oxygen atoms in total. The number of amides is 1.